The molecule has 1 N–H and O–H groups in total. The Morgan fingerprint density at radius 2 is 1.52 bits per heavy atom. The van der Waals surface area contributed by atoms with Crippen molar-refractivity contribution in [2.24, 2.45) is 11.8 Å². The van der Waals surface area contributed by atoms with Gasteiger partial charge in [-0.15, -0.1) is 0 Å². The van der Waals surface area contributed by atoms with Crippen LogP contribution >= 0.6 is 0 Å². The van der Waals surface area contributed by atoms with Gasteiger partial charge in [-0.1, -0.05) is 20.8 Å². The Morgan fingerprint density at radius 1 is 0.952 bits per heavy atom. The first-order valence-corrected chi connectivity index (χ1v) is 7.93. The van der Waals surface area contributed by atoms with E-state index >= 15 is 0 Å². The fourth-order valence-electron chi connectivity index (χ4n) is 2.71. The molecule has 2 unspecified atom stereocenters. The van der Waals surface area contributed by atoms with Crippen LogP contribution in [0.5, 0.6) is 0 Å². The number of piperazine rings is 1. The molecule has 21 heavy (non-hydrogen) atoms. The zero-order valence-electron chi connectivity index (χ0n) is 13.7. The second-order valence-electron chi connectivity index (χ2n) is 6.70. The lowest BCUT2D eigenvalue weighted by Crippen LogP contribution is -2.53. The molecule has 1 aliphatic heterocycles. The molecule has 1 saturated heterocycles. The summed E-state index contributed by atoms with van der Waals surface area (Å²) in [4.78, 5) is 3.82. The van der Waals surface area contributed by atoms with E-state index in [1.807, 2.05) is 0 Å². The molecule has 0 bridgehead atoms. The number of hydrogen-bond acceptors (Lipinski definition) is 3. The minimum Gasteiger partial charge on any atom is -0.316 e. The number of rotatable bonds is 7. The first-order valence-electron chi connectivity index (χ1n) is 7.93. The molecule has 1 aliphatic rings. The summed E-state index contributed by atoms with van der Waals surface area (Å²) in [6.45, 7) is 12.4. The van der Waals surface area contributed by atoms with Crippen molar-refractivity contribution in [3.05, 3.63) is 0 Å². The number of hydrogen-bond donors (Lipinski definition) is 1. The molecule has 1 heterocycles. The molecule has 0 radical (unpaired) electrons. The van der Waals surface area contributed by atoms with Crippen molar-refractivity contribution in [2.45, 2.75) is 39.9 Å². The lowest BCUT2D eigenvalue weighted by Gasteiger charge is -2.40. The number of alkyl halides is 3. The SMILES string of the molecule is CC(C)CNCC(C)C(C)N1CCN(CC(F)(F)F)CC1. The van der Waals surface area contributed by atoms with E-state index in [0.717, 1.165) is 26.2 Å². The van der Waals surface area contributed by atoms with Crippen LogP contribution in [0.3, 0.4) is 0 Å². The molecular formula is C15H30F3N3. The van der Waals surface area contributed by atoms with Gasteiger partial charge in [0.25, 0.3) is 0 Å². The van der Waals surface area contributed by atoms with Crippen LogP contribution in [0.25, 0.3) is 0 Å². The van der Waals surface area contributed by atoms with Crippen molar-refractivity contribution in [3.8, 4) is 0 Å². The van der Waals surface area contributed by atoms with Crippen LogP contribution < -0.4 is 5.32 Å². The molecule has 0 saturated carbocycles. The highest BCUT2D eigenvalue weighted by Crippen LogP contribution is 2.19. The molecule has 126 valence electrons. The van der Waals surface area contributed by atoms with Gasteiger partial charge in [-0.05, 0) is 31.8 Å². The molecule has 0 amide bonds. The third-order valence-electron chi connectivity index (χ3n) is 4.23. The standard InChI is InChI=1S/C15H30F3N3/c1-12(2)9-19-10-13(3)14(4)21-7-5-20(6-8-21)11-15(16,17)18/h12-14,19H,5-11H2,1-4H3. The fraction of sp³-hybridized carbons (Fsp3) is 1.00. The molecular weight excluding hydrogens is 279 g/mol. The van der Waals surface area contributed by atoms with Crippen LogP contribution in [0.15, 0.2) is 0 Å². The summed E-state index contributed by atoms with van der Waals surface area (Å²) in [5.41, 5.74) is 0. The van der Waals surface area contributed by atoms with Crippen LogP contribution in [-0.4, -0.2) is 67.8 Å². The van der Waals surface area contributed by atoms with E-state index in [4.69, 9.17) is 0 Å². The summed E-state index contributed by atoms with van der Waals surface area (Å²) >= 11 is 0. The Morgan fingerprint density at radius 3 is 2.00 bits per heavy atom. The predicted octanol–water partition coefficient (Wildman–Crippen LogP) is 2.44. The highest BCUT2D eigenvalue weighted by Gasteiger charge is 2.33. The van der Waals surface area contributed by atoms with Crippen LogP contribution in [-0.2, 0) is 0 Å². The molecule has 0 aliphatic carbocycles. The van der Waals surface area contributed by atoms with E-state index in [2.05, 4.69) is 37.9 Å². The molecule has 0 aromatic carbocycles. The summed E-state index contributed by atoms with van der Waals surface area (Å²) < 4.78 is 37.1. The first kappa shape index (κ1) is 18.7. The number of nitrogens with zero attached hydrogens (tertiary/aromatic N) is 2. The quantitative estimate of drug-likeness (QED) is 0.779. The average molecular weight is 309 g/mol. The van der Waals surface area contributed by atoms with Crippen molar-refractivity contribution in [2.75, 3.05) is 45.8 Å². The van der Waals surface area contributed by atoms with Crippen LogP contribution in [0.2, 0.25) is 0 Å². The third-order valence-corrected chi connectivity index (χ3v) is 4.23. The van der Waals surface area contributed by atoms with Crippen LogP contribution in [0.1, 0.15) is 27.7 Å². The second kappa shape index (κ2) is 8.34. The third kappa shape index (κ3) is 7.47. The summed E-state index contributed by atoms with van der Waals surface area (Å²) in [5, 5.41) is 3.46. The van der Waals surface area contributed by atoms with Crippen molar-refractivity contribution in [1.82, 2.24) is 15.1 Å². The Hall–Kier alpha value is -0.330. The van der Waals surface area contributed by atoms with E-state index in [9.17, 15) is 13.2 Å². The Bertz CT molecular complexity index is 286. The molecule has 1 rings (SSSR count). The number of nitrogens with one attached hydrogen (secondary N) is 1. The maximum Gasteiger partial charge on any atom is 0.401 e. The molecule has 0 aromatic rings. The highest BCUT2D eigenvalue weighted by molar-refractivity contribution is 4.81. The van der Waals surface area contributed by atoms with Crippen molar-refractivity contribution in [1.29, 1.82) is 0 Å². The molecule has 3 nitrogen and oxygen atoms in total. The van der Waals surface area contributed by atoms with Crippen molar-refractivity contribution >= 4 is 0 Å². The van der Waals surface area contributed by atoms with Gasteiger partial charge in [0.15, 0.2) is 0 Å². The van der Waals surface area contributed by atoms with Crippen molar-refractivity contribution < 1.29 is 13.2 Å². The van der Waals surface area contributed by atoms with Crippen LogP contribution in [0.4, 0.5) is 13.2 Å². The lowest BCUT2D eigenvalue weighted by atomic mass is 10.0. The smallest absolute Gasteiger partial charge is 0.316 e. The molecule has 0 spiro atoms. The maximum absolute atomic E-state index is 12.4. The molecule has 1 fully saturated rings. The zero-order chi connectivity index (χ0) is 16.0. The highest BCUT2D eigenvalue weighted by atomic mass is 19.4. The monoisotopic (exact) mass is 309 g/mol. The summed E-state index contributed by atoms with van der Waals surface area (Å²) in [7, 11) is 0. The van der Waals surface area contributed by atoms with Gasteiger partial charge < -0.3 is 5.32 Å². The van der Waals surface area contributed by atoms with E-state index < -0.39 is 12.7 Å². The predicted molar refractivity (Wildman–Crippen MR) is 80.4 cm³/mol. The zero-order valence-corrected chi connectivity index (χ0v) is 13.7. The largest absolute Gasteiger partial charge is 0.401 e. The van der Waals surface area contributed by atoms with E-state index in [1.165, 1.54) is 4.90 Å². The van der Waals surface area contributed by atoms with Gasteiger partial charge in [0.1, 0.15) is 0 Å². The van der Waals surface area contributed by atoms with Gasteiger partial charge in [-0.2, -0.15) is 13.2 Å². The van der Waals surface area contributed by atoms with Gasteiger partial charge in [0, 0.05) is 32.2 Å². The summed E-state index contributed by atoms with van der Waals surface area (Å²) in [5.74, 6) is 1.14. The van der Waals surface area contributed by atoms with E-state index in [-0.39, 0.29) is 0 Å². The lowest BCUT2D eigenvalue weighted by molar-refractivity contribution is -0.150. The van der Waals surface area contributed by atoms with Gasteiger partial charge in [-0.3, -0.25) is 9.80 Å². The summed E-state index contributed by atoms with van der Waals surface area (Å²) in [6, 6.07) is 0.401. The molecule has 6 heteroatoms. The van der Waals surface area contributed by atoms with Gasteiger partial charge >= 0.3 is 6.18 Å². The Labute approximate surface area is 126 Å². The first-order chi connectivity index (χ1) is 9.69. The fourth-order valence-corrected chi connectivity index (χ4v) is 2.71. The van der Waals surface area contributed by atoms with E-state index in [0.29, 0.717) is 31.0 Å². The minimum absolute atomic E-state index is 0.401. The van der Waals surface area contributed by atoms with E-state index in [1.54, 1.807) is 0 Å². The van der Waals surface area contributed by atoms with Gasteiger partial charge in [-0.25, -0.2) is 0 Å². The summed E-state index contributed by atoms with van der Waals surface area (Å²) in [6.07, 6.45) is -4.08. The Balaban J connectivity index is 2.29. The Kier molecular flexibility index (Phi) is 7.44. The second-order valence-corrected chi connectivity index (χ2v) is 6.70. The maximum atomic E-state index is 12.4. The normalized spacial score (nSPS) is 21.7. The minimum atomic E-state index is -4.08. The average Bonchev–Trinajstić information content (AvgIpc) is 2.36. The molecule has 0 aromatic heterocycles. The van der Waals surface area contributed by atoms with Crippen LogP contribution in [0, 0.1) is 11.8 Å². The number of halogens is 3. The van der Waals surface area contributed by atoms with Crippen molar-refractivity contribution in [3.63, 3.8) is 0 Å². The topological polar surface area (TPSA) is 18.5 Å². The molecule has 2 atom stereocenters. The van der Waals surface area contributed by atoms with Gasteiger partial charge in [0.05, 0.1) is 6.54 Å². The van der Waals surface area contributed by atoms with Gasteiger partial charge in [0.2, 0.25) is 0 Å².